The van der Waals surface area contributed by atoms with Crippen molar-refractivity contribution in [2.24, 2.45) is 5.92 Å². The van der Waals surface area contributed by atoms with E-state index in [4.69, 9.17) is 9.47 Å². The Hall–Kier alpha value is -1.74. The fraction of sp³-hybridized carbons (Fsp3) is 0.619. The second-order valence-electron chi connectivity index (χ2n) is 8.67. The van der Waals surface area contributed by atoms with Crippen molar-refractivity contribution in [3.8, 4) is 5.75 Å². The number of hydrazine groups is 1. The highest BCUT2D eigenvalue weighted by atomic mass is 79.9. The smallest absolute Gasteiger partial charge is 0.309 e. The number of halogens is 3. The lowest BCUT2D eigenvalue weighted by atomic mass is 9.97. The quantitative estimate of drug-likeness (QED) is 0.472. The van der Waals surface area contributed by atoms with Crippen molar-refractivity contribution >= 4 is 27.8 Å². The molecule has 9 heteroatoms. The summed E-state index contributed by atoms with van der Waals surface area (Å²) in [5, 5.41) is 3.53. The van der Waals surface area contributed by atoms with Gasteiger partial charge in [0.2, 0.25) is 0 Å². The fourth-order valence-electron chi connectivity index (χ4n) is 3.69. The third-order valence-corrected chi connectivity index (χ3v) is 5.77. The van der Waals surface area contributed by atoms with Gasteiger partial charge in [-0.1, -0.05) is 0 Å². The highest BCUT2D eigenvalue weighted by Gasteiger charge is 2.37. The van der Waals surface area contributed by atoms with Gasteiger partial charge >= 0.3 is 5.97 Å². The van der Waals surface area contributed by atoms with E-state index in [2.05, 4.69) is 15.9 Å². The Morgan fingerprint density at radius 3 is 2.40 bits per heavy atom. The van der Waals surface area contributed by atoms with Crippen LogP contribution in [0.1, 0.15) is 46.5 Å². The normalized spacial score (nSPS) is 21.6. The topological polar surface area (TPSA) is 59.1 Å². The van der Waals surface area contributed by atoms with Gasteiger partial charge in [0.05, 0.1) is 10.4 Å². The van der Waals surface area contributed by atoms with Crippen LogP contribution in [-0.4, -0.2) is 53.2 Å². The summed E-state index contributed by atoms with van der Waals surface area (Å²) in [4.78, 5) is 25.2. The van der Waals surface area contributed by atoms with Gasteiger partial charge in [-0.15, -0.1) is 0 Å². The molecule has 1 aromatic rings. The molecule has 0 radical (unpaired) electrons. The zero-order valence-electron chi connectivity index (χ0n) is 17.4. The van der Waals surface area contributed by atoms with Crippen LogP contribution in [0, 0.1) is 17.6 Å². The molecule has 2 fully saturated rings. The number of carbonyl (C=O) groups excluding carboxylic acids is 2. The van der Waals surface area contributed by atoms with Gasteiger partial charge < -0.3 is 9.47 Å². The minimum absolute atomic E-state index is 0.00296. The number of amides is 1. The molecule has 1 aromatic carbocycles. The minimum atomic E-state index is -0.877. The van der Waals surface area contributed by atoms with Gasteiger partial charge in [0.15, 0.2) is 17.7 Å². The molecule has 2 saturated heterocycles. The molecule has 3 rings (SSSR count). The zero-order valence-corrected chi connectivity index (χ0v) is 19.0. The lowest BCUT2D eigenvalue weighted by molar-refractivity contribution is -0.171. The Morgan fingerprint density at radius 1 is 1.10 bits per heavy atom. The summed E-state index contributed by atoms with van der Waals surface area (Å²) in [5.74, 6) is -2.34. The summed E-state index contributed by atoms with van der Waals surface area (Å²) in [7, 11) is 0. The molecule has 0 aliphatic carbocycles. The molecule has 1 amide bonds. The van der Waals surface area contributed by atoms with Crippen molar-refractivity contribution in [3.63, 3.8) is 0 Å². The maximum absolute atomic E-state index is 14.1. The Labute approximate surface area is 183 Å². The summed E-state index contributed by atoms with van der Waals surface area (Å²) in [6.07, 6.45) is 1.43. The van der Waals surface area contributed by atoms with Crippen molar-refractivity contribution in [2.75, 3.05) is 19.6 Å². The first kappa shape index (κ1) is 22.9. The van der Waals surface area contributed by atoms with Gasteiger partial charge in [0.1, 0.15) is 11.4 Å². The zero-order chi connectivity index (χ0) is 22.1. The molecule has 0 aromatic heterocycles. The van der Waals surface area contributed by atoms with Crippen LogP contribution in [0.3, 0.4) is 0 Å². The molecule has 30 heavy (non-hydrogen) atoms. The number of hydrogen-bond donors (Lipinski definition) is 0. The first-order valence-electron chi connectivity index (χ1n) is 10.2. The largest absolute Gasteiger partial charge is 0.477 e. The third-order valence-electron chi connectivity index (χ3n) is 5.16. The van der Waals surface area contributed by atoms with E-state index in [-0.39, 0.29) is 28.0 Å². The maximum atomic E-state index is 14.1. The van der Waals surface area contributed by atoms with E-state index in [9.17, 15) is 18.4 Å². The second-order valence-corrected chi connectivity index (χ2v) is 9.52. The van der Waals surface area contributed by atoms with Crippen LogP contribution in [0.4, 0.5) is 8.78 Å². The lowest BCUT2D eigenvalue weighted by Crippen LogP contribution is -2.57. The number of carbonyl (C=O) groups is 2. The predicted molar refractivity (Wildman–Crippen MR) is 110 cm³/mol. The number of hydrogen-bond acceptors (Lipinski definition) is 5. The van der Waals surface area contributed by atoms with Gasteiger partial charge in [0, 0.05) is 25.7 Å². The van der Waals surface area contributed by atoms with Gasteiger partial charge in [-0.3, -0.25) is 14.6 Å². The van der Waals surface area contributed by atoms with Crippen LogP contribution in [0.15, 0.2) is 16.6 Å². The monoisotopic (exact) mass is 488 g/mol. The Balaban J connectivity index is 1.60. The number of rotatable bonds is 4. The number of piperidine rings is 2. The molecule has 2 aliphatic rings. The maximum Gasteiger partial charge on any atom is 0.309 e. The Bertz CT molecular complexity index is 807. The standard InChI is InChI=1S/C21H27BrF2N2O4/c1-21(2,3)30-20(28)13-6-9-25(10-7-13)26-8-4-5-17(19(26)27)29-18-12-15(23)14(22)11-16(18)24/h11-13,17H,4-10H2,1-3H3/t17-/m0/s1. The summed E-state index contributed by atoms with van der Waals surface area (Å²) < 4.78 is 38.9. The van der Waals surface area contributed by atoms with Crippen LogP contribution < -0.4 is 4.74 Å². The van der Waals surface area contributed by atoms with Crippen LogP contribution >= 0.6 is 15.9 Å². The van der Waals surface area contributed by atoms with Crippen LogP contribution in [0.2, 0.25) is 0 Å². The van der Waals surface area contributed by atoms with E-state index < -0.39 is 23.3 Å². The molecule has 2 heterocycles. The molecule has 0 unspecified atom stereocenters. The number of benzene rings is 1. The second kappa shape index (κ2) is 9.18. The summed E-state index contributed by atoms with van der Waals surface area (Å²) >= 11 is 2.92. The Kier molecular flexibility index (Phi) is 7.02. The van der Waals surface area contributed by atoms with Gasteiger partial charge in [0.25, 0.3) is 5.91 Å². The summed E-state index contributed by atoms with van der Waals surface area (Å²) in [6.45, 7) is 7.15. The van der Waals surface area contributed by atoms with E-state index in [0.717, 1.165) is 12.1 Å². The van der Waals surface area contributed by atoms with E-state index in [1.807, 2.05) is 25.8 Å². The van der Waals surface area contributed by atoms with E-state index >= 15 is 0 Å². The third kappa shape index (κ3) is 5.49. The molecule has 0 saturated carbocycles. The SMILES string of the molecule is CC(C)(C)OC(=O)C1CCN(N2CCC[C@H](Oc3cc(F)c(Br)cc3F)C2=O)CC1. The molecule has 166 valence electrons. The average Bonchev–Trinajstić information content (AvgIpc) is 2.66. The molecular weight excluding hydrogens is 462 g/mol. The van der Waals surface area contributed by atoms with Crippen LogP contribution in [0.5, 0.6) is 5.75 Å². The van der Waals surface area contributed by atoms with Crippen molar-refractivity contribution in [1.82, 2.24) is 10.0 Å². The summed E-state index contributed by atoms with van der Waals surface area (Å²) in [5.41, 5.74) is -0.524. The first-order chi connectivity index (χ1) is 14.0. The number of esters is 1. The molecule has 0 bridgehead atoms. The van der Waals surface area contributed by atoms with Crippen molar-refractivity contribution in [2.45, 2.75) is 58.2 Å². The molecule has 6 nitrogen and oxygen atoms in total. The van der Waals surface area contributed by atoms with Crippen LogP contribution in [0.25, 0.3) is 0 Å². The van der Waals surface area contributed by atoms with E-state index in [1.165, 1.54) is 0 Å². The van der Waals surface area contributed by atoms with Crippen molar-refractivity contribution < 1.29 is 27.8 Å². The molecular formula is C21H27BrF2N2O4. The first-order valence-corrected chi connectivity index (χ1v) is 10.9. The summed E-state index contributed by atoms with van der Waals surface area (Å²) in [6, 6.07) is 1.93. The molecule has 2 aliphatic heterocycles. The van der Waals surface area contributed by atoms with Crippen molar-refractivity contribution in [3.05, 3.63) is 28.2 Å². The van der Waals surface area contributed by atoms with E-state index in [1.54, 1.807) is 5.01 Å². The van der Waals surface area contributed by atoms with Gasteiger partial charge in [-0.2, -0.15) is 0 Å². The molecule has 0 N–H and O–H groups in total. The lowest BCUT2D eigenvalue weighted by Gasteiger charge is -2.42. The highest BCUT2D eigenvalue weighted by Crippen LogP contribution is 2.29. The Morgan fingerprint density at radius 2 is 1.77 bits per heavy atom. The number of nitrogens with zero attached hydrogens (tertiary/aromatic N) is 2. The van der Waals surface area contributed by atoms with Gasteiger partial charge in [-0.05, 0) is 68.5 Å². The van der Waals surface area contributed by atoms with Crippen molar-refractivity contribution in [1.29, 1.82) is 0 Å². The minimum Gasteiger partial charge on any atom is -0.477 e. The molecule has 1 atom stereocenters. The van der Waals surface area contributed by atoms with Gasteiger partial charge in [-0.25, -0.2) is 13.8 Å². The highest BCUT2D eigenvalue weighted by molar-refractivity contribution is 9.10. The average molecular weight is 489 g/mol. The van der Waals surface area contributed by atoms with E-state index in [0.29, 0.717) is 45.3 Å². The van der Waals surface area contributed by atoms with Crippen LogP contribution in [-0.2, 0) is 14.3 Å². The predicted octanol–water partition coefficient (Wildman–Crippen LogP) is 4.07. The fourth-order valence-corrected chi connectivity index (χ4v) is 4.01. The number of ether oxygens (including phenoxy) is 2. The molecule has 0 spiro atoms.